The number of likely N-dealkylation sites (N-methyl/N-ethyl adjacent to an activating group) is 1. The highest BCUT2D eigenvalue weighted by atomic mass is 32.1. The first-order valence-electron chi connectivity index (χ1n) is 15.0. The SMILES string of the molecule is CCCNC(=O)Nc1cc(-c2nc(C(F)(F)F)cs2)c(-c2ccc3c(c2)c(=O)c(C(=O)N2CCNCC2)cn3C2CN(C)C2)cn1. The standard InChI is InChI=1S/C31H33F3N8O3S/c1-3-6-36-30(45)39-26-12-20(28-38-25(17-46-28)31(32,33)34)22(13-37-26)18-4-5-24-21(11-18)27(43)23(16-42(24)19-14-40(2)15-19)29(44)41-9-7-35-8-10-41/h4-5,11-13,16-17,19,35H,3,6-10,14-15H2,1-2H3,(H2,36,37,39,45). The number of piperazine rings is 1. The highest BCUT2D eigenvalue weighted by Crippen LogP contribution is 2.39. The summed E-state index contributed by atoms with van der Waals surface area (Å²) < 4.78 is 42.5. The van der Waals surface area contributed by atoms with Crippen molar-refractivity contribution < 1.29 is 22.8 Å². The van der Waals surface area contributed by atoms with Gasteiger partial charge in [0, 0.05) is 80.1 Å². The van der Waals surface area contributed by atoms with Crippen molar-refractivity contribution in [2.24, 2.45) is 0 Å². The molecule has 0 atom stereocenters. The van der Waals surface area contributed by atoms with Crippen LogP contribution in [0.15, 0.2) is 46.8 Å². The molecule has 3 N–H and O–H groups in total. The van der Waals surface area contributed by atoms with Crippen LogP contribution >= 0.6 is 11.3 Å². The molecule has 4 aromatic rings. The second-order valence-corrected chi connectivity index (χ2v) is 12.3. The smallest absolute Gasteiger partial charge is 0.341 e. The summed E-state index contributed by atoms with van der Waals surface area (Å²) in [7, 11) is 2.00. The highest BCUT2D eigenvalue weighted by molar-refractivity contribution is 7.13. The van der Waals surface area contributed by atoms with E-state index in [1.807, 2.05) is 18.5 Å². The number of nitrogens with one attached hydrogen (secondary N) is 3. The van der Waals surface area contributed by atoms with E-state index in [1.165, 1.54) is 12.3 Å². The van der Waals surface area contributed by atoms with Gasteiger partial charge < -0.3 is 25.0 Å². The molecule has 2 fully saturated rings. The Bertz CT molecular complexity index is 1850. The van der Waals surface area contributed by atoms with Crippen LogP contribution in [0.1, 0.15) is 35.4 Å². The molecule has 2 saturated heterocycles. The van der Waals surface area contributed by atoms with Gasteiger partial charge in [0.05, 0.1) is 11.6 Å². The van der Waals surface area contributed by atoms with E-state index in [9.17, 15) is 27.6 Å². The number of rotatable bonds is 7. The summed E-state index contributed by atoms with van der Waals surface area (Å²) in [5.74, 6) is -0.209. The summed E-state index contributed by atoms with van der Waals surface area (Å²) in [6.07, 6.45) is -0.818. The summed E-state index contributed by atoms with van der Waals surface area (Å²) in [5.41, 5.74) is 0.491. The number of anilines is 1. The molecule has 5 heterocycles. The Kier molecular flexibility index (Phi) is 8.81. The second-order valence-electron chi connectivity index (χ2n) is 11.5. The maximum Gasteiger partial charge on any atom is 0.434 e. The molecule has 11 nitrogen and oxygen atoms in total. The molecule has 0 bridgehead atoms. The molecular formula is C31H33F3N8O3S. The lowest BCUT2D eigenvalue weighted by atomic mass is 9.98. The number of pyridine rings is 2. The number of nitrogens with zero attached hydrogens (tertiary/aromatic N) is 5. The van der Waals surface area contributed by atoms with Gasteiger partial charge in [-0.2, -0.15) is 13.2 Å². The second kappa shape index (κ2) is 12.8. The molecular weight excluding hydrogens is 621 g/mol. The van der Waals surface area contributed by atoms with Crippen molar-refractivity contribution in [3.63, 3.8) is 0 Å². The van der Waals surface area contributed by atoms with Gasteiger partial charge in [0.25, 0.3) is 5.91 Å². The van der Waals surface area contributed by atoms with Crippen LogP contribution in [0.5, 0.6) is 0 Å². The lowest BCUT2D eigenvalue weighted by Gasteiger charge is -2.39. The molecule has 3 amide bonds. The fourth-order valence-corrected chi connectivity index (χ4v) is 6.57. The average Bonchev–Trinajstić information content (AvgIpc) is 3.54. The summed E-state index contributed by atoms with van der Waals surface area (Å²) in [6, 6.07) is 6.25. The summed E-state index contributed by atoms with van der Waals surface area (Å²) in [4.78, 5) is 51.9. The average molecular weight is 655 g/mol. The van der Waals surface area contributed by atoms with E-state index in [4.69, 9.17) is 0 Å². The first kappa shape index (κ1) is 31.6. The van der Waals surface area contributed by atoms with Crippen LogP contribution in [0.25, 0.3) is 32.6 Å². The van der Waals surface area contributed by atoms with E-state index in [0.717, 1.165) is 29.8 Å². The summed E-state index contributed by atoms with van der Waals surface area (Å²) in [5, 5.41) is 9.82. The molecule has 2 aliphatic heterocycles. The molecule has 0 aliphatic carbocycles. The minimum Gasteiger partial charge on any atom is -0.341 e. The zero-order valence-electron chi connectivity index (χ0n) is 25.3. The Labute approximate surface area is 266 Å². The fourth-order valence-electron chi connectivity index (χ4n) is 5.72. The molecule has 15 heteroatoms. The van der Waals surface area contributed by atoms with Gasteiger partial charge in [0.2, 0.25) is 5.43 Å². The van der Waals surface area contributed by atoms with Crippen LogP contribution in [-0.2, 0) is 6.18 Å². The normalized spacial score (nSPS) is 16.0. The number of carbonyl (C=O) groups excluding carboxylic acids is 2. The van der Waals surface area contributed by atoms with Crippen molar-refractivity contribution in [1.82, 2.24) is 35.0 Å². The number of hydrogen-bond acceptors (Lipinski definition) is 8. The number of amides is 3. The van der Waals surface area contributed by atoms with E-state index in [-0.39, 0.29) is 28.3 Å². The highest BCUT2D eigenvalue weighted by Gasteiger charge is 2.34. The summed E-state index contributed by atoms with van der Waals surface area (Å²) >= 11 is 0.813. The van der Waals surface area contributed by atoms with Gasteiger partial charge in [-0.1, -0.05) is 13.0 Å². The number of halogens is 3. The first-order valence-corrected chi connectivity index (χ1v) is 15.9. The number of alkyl halides is 3. The van der Waals surface area contributed by atoms with Crippen molar-refractivity contribution >= 4 is 40.0 Å². The lowest BCUT2D eigenvalue weighted by molar-refractivity contribution is -0.140. The molecule has 1 aromatic carbocycles. The number of likely N-dealkylation sites (tertiary alicyclic amines) is 1. The molecule has 0 saturated carbocycles. The Morgan fingerprint density at radius 1 is 1.13 bits per heavy atom. The number of carbonyl (C=O) groups is 2. The maximum atomic E-state index is 14.0. The lowest BCUT2D eigenvalue weighted by Crippen LogP contribution is -2.48. The number of fused-ring (bicyclic) bond motifs is 1. The van der Waals surface area contributed by atoms with Gasteiger partial charge in [0.15, 0.2) is 5.69 Å². The zero-order chi connectivity index (χ0) is 32.6. The van der Waals surface area contributed by atoms with Crippen molar-refractivity contribution in [2.45, 2.75) is 25.6 Å². The van der Waals surface area contributed by atoms with Crippen LogP contribution in [0, 0.1) is 0 Å². The van der Waals surface area contributed by atoms with Crippen LogP contribution in [0.4, 0.5) is 23.8 Å². The molecule has 46 heavy (non-hydrogen) atoms. The summed E-state index contributed by atoms with van der Waals surface area (Å²) in [6.45, 7) is 6.09. The molecule has 0 spiro atoms. The fraction of sp³-hybridized carbons (Fsp3) is 0.387. The Morgan fingerprint density at radius 3 is 2.57 bits per heavy atom. The molecule has 2 aliphatic rings. The third-order valence-electron chi connectivity index (χ3n) is 8.12. The van der Waals surface area contributed by atoms with Crippen LogP contribution in [-0.4, -0.2) is 89.1 Å². The van der Waals surface area contributed by atoms with Crippen LogP contribution in [0.3, 0.4) is 0 Å². The molecule has 6 rings (SSSR count). The van der Waals surface area contributed by atoms with E-state index >= 15 is 0 Å². The molecule has 0 unspecified atom stereocenters. The zero-order valence-corrected chi connectivity index (χ0v) is 26.1. The van der Waals surface area contributed by atoms with Crippen molar-refractivity contribution in [3.05, 3.63) is 63.5 Å². The van der Waals surface area contributed by atoms with E-state index in [0.29, 0.717) is 66.7 Å². The quantitative estimate of drug-likeness (QED) is 0.272. The van der Waals surface area contributed by atoms with Gasteiger partial charge in [-0.3, -0.25) is 14.9 Å². The van der Waals surface area contributed by atoms with Crippen molar-refractivity contribution in [3.8, 4) is 21.7 Å². The maximum absolute atomic E-state index is 14.0. The Hall–Kier alpha value is -4.34. The number of aromatic nitrogens is 3. The third-order valence-corrected chi connectivity index (χ3v) is 9.00. The predicted octanol–water partition coefficient (Wildman–Crippen LogP) is 4.27. The van der Waals surface area contributed by atoms with Gasteiger partial charge >= 0.3 is 12.2 Å². The monoisotopic (exact) mass is 654 g/mol. The van der Waals surface area contributed by atoms with E-state index < -0.39 is 23.3 Å². The van der Waals surface area contributed by atoms with Gasteiger partial charge in [-0.25, -0.2) is 14.8 Å². The van der Waals surface area contributed by atoms with Crippen LogP contribution in [0.2, 0.25) is 0 Å². The number of urea groups is 1. The number of thiazole rings is 1. The van der Waals surface area contributed by atoms with Crippen molar-refractivity contribution in [2.75, 3.05) is 58.2 Å². The largest absolute Gasteiger partial charge is 0.434 e. The topological polar surface area (TPSA) is 124 Å². The van der Waals surface area contributed by atoms with Crippen molar-refractivity contribution in [1.29, 1.82) is 0 Å². The molecule has 242 valence electrons. The van der Waals surface area contributed by atoms with Gasteiger partial charge in [0.1, 0.15) is 16.4 Å². The van der Waals surface area contributed by atoms with E-state index in [1.54, 1.807) is 29.3 Å². The minimum atomic E-state index is -4.64. The molecule has 0 radical (unpaired) electrons. The minimum absolute atomic E-state index is 0.0612. The number of benzene rings is 1. The van der Waals surface area contributed by atoms with Crippen LogP contribution < -0.4 is 21.4 Å². The predicted molar refractivity (Wildman–Crippen MR) is 170 cm³/mol. The van der Waals surface area contributed by atoms with Gasteiger partial charge in [-0.05, 0) is 37.2 Å². The van der Waals surface area contributed by atoms with Gasteiger partial charge in [-0.15, -0.1) is 11.3 Å². The van der Waals surface area contributed by atoms with E-state index in [2.05, 4.69) is 30.8 Å². The Balaban J connectivity index is 1.48. The first-order chi connectivity index (χ1) is 22.0. The Morgan fingerprint density at radius 2 is 1.89 bits per heavy atom. The molecule has 3 aromatic heterocycles. The third kappa shape index (κ3) is 6.34. The number of hydrogen-bond donors (Lipinski definition) is 3.